The molecule has 0 spiro atoms. The summed E-state index contributed by atoms with van der Waals surface area (Å²) in [6.07, 6.45) is 27.9. The summed E-state index contributed by atoms with van der Waals surface area (Å²) in [6.45, 7) is 12.7. The zero-order valence-corrected chi connectivity index (χ0v) is 33.5. The molecule has 0 amide bonds. The molecule has 286 valence electrons. The maximum absolute atomic E-state index is 4.47. The van der Waals surface area contributed by atoms with E-state index in [0.717, 1.165) is 44.1 Å². The van der Waals surface area contributed by atoms with Crippen LogP contribution in [-0.4, -0.2) is 10.9 Å². The maximum atomic E-state index is 4.47. The van der Waals surface area contributed by atoms with Crippen LogP contribution in [0.2, 0.25) is 0 Å². The van der Waals surface area contributed by atoms with Crippen LogP contribution in [0.3, 0.4) is 0 Å². The van der Waals surface area contributed by atoms with Gasteiger partial charge in [0.15, 0.2) is 0 Å². The van der Waals surface area contributed by atoms with Crippen molar-refractivity contribution in [1.29, 1.82) is 0 Å². The SMILES string of the molecule is C=CCCc1ccccc1CC(C=C)N(/C=C/C=C(\C=C)C1=CCC(c2ccccc2)C=C1)C1=CC2=C(CC1)c1ccccc1C2(c1ccccc1)c1ccccc1. The Labute approximate surface area is 346 Å². The van der Waals surface area contributed by atoms with E-state index in [2.05, 4.69) is 213 Å². The first kappa shape index (κ1) is 38.4. The number of allylic oxidation sites excluding steroid dienone is 13. The summed E-state index contributed by atoms with van der Waals surface area (Å²) in [5, 5.41) is 0. The molecule has 0 fully saturated rings. The van der Waals surface area contributed by atoms with Crippen LogP contribution in [0, 0.1) is 0 Å². The number of nitrogens with zero attached hydrogens (tertiary/aromatic N) is 1. The number of hydrogen-bond acceptors (Lipinski definition) is 1. The zero-order valence-electron chi connectivity index (χ0n) is 33.5. The number of aryl methyl sites for hydroxylation is 1. The van der Waals surface area contributed by atoms with Gasteiger partial charge in [-0.05, 0) is 112 Å². The lowest BCUT2D eigenvalue weighted by Crippen LogP contribution is -2.33. The molecule has 3 aliphatic rings. The Kier molecular flexibility index (Phi) is 11.8. The van der Waals surface area contributed by atoms with Gasteiger partial charge in [0.2, 0.25) is 0 Å². The summed E-state index contributed by atoms with van der Waals surface area (Å²) in [5.41, 5.74) is 15.4. The Hall–Kier alpha value is -6.44. The Balaban J connectivity index is 1.22. The van der Waals surface area contributed by atoms with Crippen LogP contribution < -0.4 is 0 Å². The highest BCUT2D eigenvalue weighted by atomic mass is 15.1. The number of benzene rings is 5. The average molecular weight is 752 g/mol. The molecule has 1 heteroatoms. The van der Waals surface area contributed by atoms with E-state index in [9.17, 15) is 0 Å². The topological polar surface area (TPSA) is 3.24 Å². The van der Waals surface area contributed by atoms with E-state index in [4.69, 9.17) is 0 Å². The second-order valence-electron chi connectivity index (χ2n) is 15.5. The van der Waals surface area contributed by atoms with Gasteiger partial charge < -0.3 is 4.90 Å². The molecule has 0 aliphatic heterocycles. The van der Waals surface area contributed by atoms with Crippen molar-refractivity contribution in [3.05, 3.63) is 282 Å². The molecule has 0 N–H and O–H groups in total. The molecule has 2 unspecified atom stereocenters. The Morgan fingerprint density at radius 1 is 0.741 bits per heavy atom. The van der Waals surface area contributed by atoms with E-state index in [0.29, 0.717) is 5.92 Å². The minimum atomic E-state index is -0.441. The largest absolute Gasteiger partial charge is 0.344 e. The number of hydrogen-bond donors (Lipinski definition) is 0. The third-order valence-electron chi connectivity index (χ3n) is 12.3. The third-order valence-corrected chi connectivity index (χ3v) is 12.3. The first-order chi connectivity index (χ1) is 28.6. The molecule has 58 heavy (non-hydrogen) atoms. The summed E-state index contributed by atoms with van der Waals surface area (Å²) in [7, 11) is 0. The molecule has 0 bridgehead atoms. The predicted molar refractivity (Wildman–Crippen MR) is 246 cm³/mol. The smallest absolute Gasteiger partial charge is 0.0710 e. The van der Waals surface area contributed by atoms with E-state index >= 15 is 0 Å². The zero-order chi connectivity index (χ0) is 39.7. The molecule has 0 saturated carbocycles. The van der Waals surface area contributed by atoms with E-state index in [-0.39, 0.29) is 6.04 Å². The third kappa shape index (κ3) is 7.53. The van der Waals surface area contributed by atoms with Gasteiger partial charge in [-0.1, -0.05) is 189 Å². The fourth-order valence-electron chi connectivity index (χ4n) is 9.42. The van der Waals surface area contributed by atoms with Crippen LogP contribution in [0.25, 0.3) is 5.57 Å². The van der Waals surface area contributed by atoms with Gasteiger partial charge in [-0.2, -0.15) is 0 Å². The second kappa shape index (κ2) is 17.8. The lowest BCUT2D eigenvalue weighted by molar-refractivity contribution is 0.375. The van der Waals surface area contributed by atoms with E-state index in [1.165, 1.54) is 61.4 Å². The highest BCUT2D eigenvalue weighted by Gasteiger charge is 2.47. The van der Waals surface area contributed by atoms with Gasteiger partial charge in [0.25, 0.3) is 0 Å². The van der Waals surface area contributed by atoms with Gasteiger partial charge >= 0.3 is 0 Å². The van der Waals surface area contributed by atoms with E-state index < -0.39 is 5.41 Å². The van der Waals surface area contributed by atoms with Crippen molar-refractivity contribution in [3.8, 4) is 0 Å². The highest BCUT2D eigenvalue weighted by molar-refractivity contribution is 5.88. The van der Waals surface area contributed by atoms with Crippen molar-refractivity contribution in [3.63, 3.8) is 0 Å². The molecule has 3 aliphatic carbocycles. The van der Waals surface area contributed by atoms with Crippen molar-refractivity contribution in [2.45, 2.75) is 55.9 Å². The fourth-order valence-corrected chi connectivity index (χ4v) is 9.42. The van der Waals surface area contributed by atoms with Crippen LogP contribution in [-0.2, 0) is 18.3 Å². The quantitative estimate of drug-likeness (QED) is 0.0760. The van der Waals surface area contributed by atoms with Gasteiger partial charge in [-0.15, -0.1) is 13.2 Å². The van der Waals surface area contributed by atoms with Gasteiger partial charge in [0.1, 0.15) is 0 Å². The van der Waals surface area contributed by atoms with E-state index in [1.807, 2.05) is 12.2 Å². The Morgan fingerprint density at radius 3 is 2.05 bits per heavy atom. The van der Waals surface area contributed by atoms with Crippen molar-refractivity contribution in [1.82, 2.24) is 4.90 Å². The van der Waals surface area contributed by atoms with Crippen molar-refractivity contribution < 1.29 is 0 Å². The lowest BCUT2D eigenvalue weighted by Gasteiger charge is -2.38. The van der Waals surface area contributed by atoms with E-state index in [1.54, 1.807) is 0 Å². The first-order valence-corrected chi connectivity index (χ1v) is 20.8. The summed E-state index contributed by atoms with van der Waals surface area (Å²) in [5.74, 6) is 0.391. The van der Waals surface area contributed by atoms with Crippen molar-refractivity contribution in [2.24, 2.45) is 0 Å². The van der Waals surface area contributed by atoms with Gasteiger partial charge in [-0.25, -0.2) is 0 Å². The van der Waals surface area contributed by atoms with Gasteiger partial charge in [-0.3, -0.25) is 0 Å². The summed E-state index contributed by atoms with van der Waals surface area (Å²) in [6, 6.07) is 51.0. The minimum absolute atomic E-state index is 0.0298. The van der Waals surface area contributed by atoms with Gasteiger partial charge in [0.05, 0.1) is 11.5 Å². The molecule has 0 saturated heterocycles. The molecular formula is C57H53N. The highest BCUT2D eigenvalue weighted by Crippen LogP contribution is 2.57. The minimum Gasteiger partial charge on any atom is -0.344 e. The molecule has 0 radical (unpaired) electrons. The van der Waals surface area contributed by atoms with Crippen molar-refractivity contribution in [2.75, 3.05) is 0 Å². The van der Waals surface area contributed by atoms with Gasteiger partial charge in [0, 0.05) is 17.8 Å². The second-order valence-corrected chi connectivity index (χ2v) is 15.5. The monoisotopic (exact) mass is 751 g/mol. The number of fused-ring (bicyclic) bond motifs is 2. The Morgan fingerprint density at radius 2 is 1.40 bits per heavy atom. The van der Waals surface area contributed by atoms with Crippen LogP contribution in [0.4, 0.5) is 0 Å². The molecule has 2 atom stereocenters. The van der Waals surface area contributed by atoms with Crippen LogP contribution >= 0.6 is 0 Å². The predicted octanol–water partition coefficient (Wildman–Crippen LogP) is 14.0. The molecule has 1 nitrogen and oxygen atoms in total. The average Bonchev–Trinajstić information content (AvgIpc) is 3.59. The fraction of sp³-hybridized carbons (Fsp3) is 0.158. The Bertz CT molecular complexity index is 2410. The number of rotatable bonds is 15. The van der Waals surface area contributed by atoms with Crippen LogP contribution in [0.5, 0.6) is 0 Å². The first-order valence-electron chi connectivity index (χ1n) is 20.8. The molecule has 0 heterocycles. The van der Waals surface area contributed by atoms with Crippen LogP contribution in [0.1, 0.15) is 70.5 Å². The molecular weight excluding hydrogens is 699 g/mol. The molecule has 5 aromatic rings. The van der Waals surface area contributed by atoms with Crippen molar-refractivity contribution >= 4 is 5.57 Å². The summed E-state index contributed by atoms with van der Waals surface area (Å²) in [4.78, 5) is 2.50. The summed E-state index contributed by atoms with van der Waals surface area (Å²) < 4.78 is 0. The standard InChI is InChI=1S/C57H53N/c1-4-7-22-45-25-17-18-26-48(45)41-51(6-3)58(40-21-27-43(5-2)46-34-36-47(37-35-46)44-23-11-8-12-24-44)52-38-39-54-53-32-19-20-33-55(53)57(56(54)42-52,49-28-13-9-14-29-49)50-30-15-10-16-31-50/h4-6,8-21,23-36,40,42,47,51H,1-3,7,22,37-39,41H2/b40-21+,43-27+. The maximum Gasteiger partial charge on any atom is 0.0710 e. The summed E-state index contributed by atoms with van der Waals surface area (Å²) >= 11 is 0. The lowest BCUT2D eigenvalue weighted by atomic mass is 9.66. The normalized spacial score (nSPS) is 17.5. The molecule has 8 rings (SSSR count). The molecule has 0 aromatic heterocycles. The van der Waals surface area contributed by atoms with Crippen LogP contribution in [0.15, 0.2) is 243 Å². The molecule has 5 aromatic carbocycles.